The summed E-state index contributed by atoms with van der Waals surface area (Å²) in [6.07, 6.45) is 5.56. The topological polar surface area (TPSA) is 59.2 Å². The number of carbonyl (C=O) groups is 1. The van der Waals surface area contributed by atoms with E-state index in [1.54, 1.807) is 6.20 Å². The van der Waals surface area contributed by atoms with Crippen molar-refractivity contribution < 1.29 is 4.79 Å². The minimum Gasteiger partial charge on any atom is -0.351 e. The third kappa shape index (κ3) is 2.70. The number of benzene rings is 1. The average molecular weight is 338 g/mol. The molecule has 0 bridgehead atoms. The SMILES string of the molecule is CN(C)[C@@H]1CN(C(=O)c2ccc3ccn(C)c3c2)C[C@@H]1n1ccnn1. The molecule has 130 valence electrons. The van der Waals surface area contributed by atoms with Gasteiger partial charge in [0.15, 0.2) is 0 Å². The van der Waals surface area contributed by atoms with E-state index in [2.05, 4.69) is 21.3 Å². The Morgan fingerprint density at radius 2 is 2.04 bits per heavy atom. The zero-order valence-electron chi connectivity index (χ0n) is 14.7. The lowest BCUT2D eigenvalue weighted by molar-refractivity contribution is 0.0781. The molecule has 1 fully saturated rings. The Bertz CT molecular complexity index is 898. The van der Waals surface area contributed by atoms with E-state index in [1.165, 1.54) is 0 Å². The van der Waals surface area contributed by atoms with E-state index in [4.69, 9.17) is 0 Å². The van der Waals surface area contributed by atoms with Crippen molar-refractivity contribution in [1.82, 2.24) is 29.4 Å². The first-order chi connectivity index (χ1) is 12.0. The van der Waals surface area contributed by atoms with Gasteiger partial charge in [0.2, 0.25) is 0 Å². The lowest BCUT2D eigenvalue weighted by atomic mass is 10.1. The molecule has 1 aromatic carbocycles. The van der Waals surface area contributed by atoms with Crippen LogP contribution in [0.3, 0.4) is 0 Å². The summed E-state index contributed by atoms with van der Waals surface area (Å²) in [5.74, 6) is 0.0672. The minimum atomic E-state index is 0.0672. The normalized spacial score (nSPS) is 20.7. The first-order valence-corrected chi connectivity index (χ1v) is 8.41. The van der Waals surface area contributed by atoms with Gasteiger partial charge in [0.1, 0.15) is 0 Å². The predicted molar refractivity (Wildman–Crippen MR) is 95.4 cm³/mol. The van der Waals surface area contributed by atoms with Crippen LogP contribution < -0.4 is 0 Å². The highest BCUT2D eigenvalue weighted by molar-refractivity contribution is 5.98. The second-order valence-corrected chi connectivity index (χ2v) is 6.89. The first-order valence-electron chi connectivity index (χ1n) is 8.41. The molecule has 1 aliphatic heterocycles. The highest BCUT2D eigenvalue weighted by atomic mass is 16.2. The Balaban J connectivity index is 1.62. The summed E-state index contributed by atoms with van der Waals surface area (Å²) in [6, 6.07) is 8.28. The van der Waals surface area contributed by atoms with Gasteiger partial charge in [-0.15, -0.1) is 5.10 Å². The zero-order valence-corrected chi connectivity index (χ0v) is 14.7. The average Bonchev–Trinajstić information content (AvgIpc) is 3.33. The van der Waals surface area contributed by atoms with Crippen molar-refractivity contribution in [2.45, 2.75) is 12.1 Å². The molecule has 0 spiro atoms. The van der Waals surface area contributed by atoms with Crippen molar-refractivity contribution >= 4 is 16.8 Å². The standard InChI is InChI=1S/C18H22N6O/c1-21(2)16-11-23(12-17(16)24-9-7-19-20-24)18(25)14-5-4-13-6-8-22(3)15(13)10-14/h4-10,16-17H,11-12H2,1-3H3/t16-,17+/m1/s1. The van der Waals surface area contributed by atoms with E-state index in [0.717, 1.165) is 16.5 Å². The Morgan fingerprint density at radius 1 is 1.20 bits per heavy atom. The van der Waals surface area contributed by atoms with Crippen LogP contribution in [0.15, 0.2) is 42.9 Å². The minimum absolute atomic E-state index is 0.0672. The highest BCUT2D eigenvalue weighted by Gasteiger charge is 2.38. The van der Waals surface area contributed by atoms with Crippen LogP contribution in [0, 0.1) is 0 Å². The molecule has 7 heteroatoms. The van der Waals surface area contributed by atoms with Crippen molar-refractivity contribution in [3.8, 4) is 0 Å². The molecule has 25 heavy (non-hydrogen) atoms. The van der Waals surface area contributed by atoms with Crippen molar-refractivity contribution in [3.05, 3.63) is 48.4 Å². The number of hydrogen-bond donors (Lipinski definition) is 0. The van der Waals surface area contributed by atoms with E-state index >= 15 is 0 Å². The molecule has 0 N–H and O–H groups in total. The monoisotopic (exact) mass is 338 g/mol. The van der Waals surface area contributed by atoms with Gasteiger partial charge in [0, 0.05) is 43.6 Å². The molecule has 0 unspecified atom stereocenters. The summed E-state index contributed by atoms with van der Waals surface area (Å²) in [6.45, 7) is 1.32. The quantitative estimate of drug-likeness (QED) is 0.724. The maximum absolute atomic E-state index is 13.1. The lowest BCUT2D eigenvalue weighted by Gasteiger charge is -2.24. The number of fused-ring (bicyclic) bond motifs is 1. The first kappa shape index (κ1) is 15.8. The largest absolute Gasteiger partial charge is 0.351 e. The second-order valence-electron chi connectivity index (χ2n) is 6.89. The summed E-state index contributed by atoms with van der Waals surface area (Å²) < 4.78 is 3.90. The summed E-state index contributed by atoms with van der Waals surface area (Å²) in [5.41, 5.74) is 1.80. The van der Waals surface area contributed by atoms with Gasteiger partial charge in [-0.1, -0.05) is 11.3 Å². The molecular formula is C18H22N6O. The van der Waals surface area contributed by atoms with Gasteiger partial charge in [-0.2, -0.15) is 0 Å². The smallest absolute Gasteiger partial charge is 0.254 e. The molecule has 2 aromatic heterocycles. The van der Waals surface area contributed by atoms with Crippen LogP contribution in [-0.2, 0) is 7.05 Å². The number of amides is 1. The van der Waals surface area contributed by atoms with Crippen molar-refractivity contribution in [1.29, 1.82) is 0 Å². The Kier molecular flexibility index (Phi) is 3.80. The Morgan fingerprint density at radius 3 is 2.76 bits per heavy atom. The summed E-state index contributed by atoms with van der Waals surface area (Å²) in [7, 11) is 6.08. The van der Waals surface area contributed by atoms with Gasteiger partial charge >= 0.3 is 0 Å². The molecule has 0 radical (unpaired) electrons. The number of aryl methyl sites for hydroxylation is 1. The van der Waals surface area contributed by atoms with Crippen LogP contribution in [0.4, 0.5) is 0 Å². The number of aromatic nitrogens is 4. The van der Waals surface area contributed by atoms with Crippen molar-refractivity contribution in [3.63, 3.8) is 0 Å². The van der Waals surface area contributed by atoms with Crippen LogP contribution in [-0.4, -0.2) is 68.5 Å². The van der Waals surface area contributed by atoms with E-state index < -0.39 is 0 Å². The summed E-state index contributed by atoms with van der Waals surface area (Å²) in [5, 5.41) is 9.20. The van der Waals surface area contributed by atoms with Crippen LogP contribution in [0.25, 0.3) is 10.9 Å². The van der Waals surface area contributed by atoms with Crippen LogP contribution in [0.5, 0.6) is 0 Å². The van der Waals surface area contributed by atoms with E-state index in [-0.39, 0.29) is 18.0 Å². The fourth-order valence-electron chi connectivity index (χ4n) is 3.68. The summed E-state index contributed by atoms with van der Waals surface area (Å²) in [4.78, 5) is 17.1. The fourth-order valence-corrected chi connectivity index (χ4v) is 3.68. The molecule has 4 rings (SSSR count). The van der Waals surface area contributed by atoms with Gasteiger partial charge < -0.3 is 14.4 Å². The van der Waals surface area contributed by atoms with E-state index in [1.807, 2.05) is 65.9 Å². The highest BCUT2D eigenvalue weighted by Crippen LogP contribution is 2.26. The molecule has 0 aliphatic carbocycles. The molecule has 3 heterocycles. The summed E-state index contributed by atoms with van der Waals surface area (Å²) >= 11 is 0. The number of likely N-dealkylation sites (tertiary alicyclic amines) is 1. The van der Waals surface area contributed by atoms with Crippen molar-refractivity contribution in [2.75, 3.05) is 27.2 Å². The second kappa shape index (κ2) is 6.00. The van der Waals surface area contributed by atoms with Crippen LogP contribution in [0.2, 0.25) is 0 Å². The molecule has 2 atom stereocenters. The zero-order chi connectivity index (χ0) is 17.6. The van der Waals surface area contributed by atoms with Gasteiger partial charge in [0.25, 0.3) is 5.91 Å². The number of carbonyl (C=O) groups excluding carboxylic acids is 1. The number of rotatable bonds is 3. The maximum Gasteiger partial charge on any atom is 0.254 e. The molecule has 3 aromatic rings. The molecule has 1 amide bonds. The van der Waals surface area contributed by atoms with Crippen molar-refractivity contribution in [2.24, 2.45) is 7.05 Å². The van der Waals surface area contributed by atoms with Gasteiger partial charge in [-0.25, -0.2) is 4.68 Å². The fraction of sp³-hybridized carbons (Fsp3) is 0.389. The van der Waals surface area contributed by atoms with Crippen LogP contribution >= 0.6 is 0 Å². The Hall–Kier alpha value is -2.67. The number of likely N-dealkylation sites (N-methyl/N-ethyl adjacent to an activating group) is 1. The van der Waals surface area contributed by atoms with E-state index in [0.29, 0.717) is 13.1 Å². The Labute approximate surface area is 146 Å². The number of hydrogen-bond acceptors (Lipinski definition) is 4. The predicted octanol–water partition coefficient (Wildman–Crippen LogP) is 1.40. The third-order valence-corrected chi connectivity index (χ3v) is 5.13. The molecule has 0 saturated carbocycles. The maximum atomic E-state index is 13.1. The number of nitrogens with zero attached hydrogens (tertiary/aromatic N) is 6. The molecular weight excluding hydrogens is 316 g/mol. The molecule has 1 aliphatic rings. The van der Waals surface area contributed by atoms with E-state index in [9.17, 15) is 4.79 Å². The van der Waals surface area contributed by atoms with Gasteiger partial charge in [-0.3, -0.25) is 4.79 Å². The van der Waals surface area contributed by atoms with Gasteiger partial charge in [0.05, 0.1) is 18.3 Å². The molecule has 7 nitrogen and oxygen atoms in total. The third-order valence-electron chi connectivity index (χ3n) is 5.13. The van der Waals surface area contributed by atoms with Crippen LogP contribution in [0.1, 0.15) is 16.4 Å². The molecule has 1 saturated heterocycles. The van der Waals surface area contributed by atoms with Gasteiger partial charge in [-0.05, 0) is 37.7 Å². The lowest BCUT2D eigenvalue weighted by Crippen LogP contribution is -2.37.